The van der Waals surface area contributed by atoms with Gasteiger partial charge in [0.1, 0.15) is 5.82 Å². The molecule has 1 aromatic rings. The SMILES string of the molecule is COCC1CCCN1c1ccc(N)cn1. The third-order valence-electron chi connectivity index (χ3n) is 2.80. The number of pyridine rings is 1. The van der Waals surface area contributed by atoms with Gasteiger partial charge in [-0.25, -0.2) is 4.98 Å². The maximum atomic E-state index is 5.61. The second-order valence-corrected chi connectivity index (χ2v) is 3.89. The Hall–Kier alpha value is -1.29. The number of aromatic nitrogens is 1. The topological polar surface area (TPSA) is 51.4 Å². The highest BCUT2D eigenvalue weighted by molar-refractivity contribution is 5.47. The molecule has 0 radical (unpaired) electrons. The smallest absolute Gasteiger partial charge is 0.128 e. The predicted octanol–water partition coefficient (Wildman–Crippen LogP) is 1.28. The lowest BCUT2D eigenvalue weighted by molar-refractivity contribution is 0.180. The maximum absolute atomic E-state index is 5.61. The fraction of sp³-hybridized carbons (Fsp3) is 0.545. The number of nitrogen functional groups attached to an aromatic ring is 1. The van der Waals surface area contributed by atoms with Crippen LogP contribution in [0.5, 0.6) is 0 Å². The first kappa shape index (κ1) is 10.2. The summed E-state index contributed by atoms with van der Waals surface area (Å²) in [6, 6.07) is 4.33. The Morgan fingerprint density at radius 2 is 2.47 bits per heavy atom. The van der Waals surface area contributed by atoms with Crippen LogP contribution >= 0.6 is 0 Å². The maximum Gasteiger partial charge on any atom is 0.128 e. The predicted molar refractivity (Wildman–Crippen MR) is 60.9 cm³/mol. The van der Waals surface area contributed by atoms with E-state index in [1.54, 1.807) is 13.3 Å². The molecule has 1 aliphatic heterocycles. The second-order valence-electron chi connectivity index (χ2n) is 3.89. The van der Waals surface area contributed by atoms with Crippen LogP contribution in [-0.2, 0) is 4.74 Å². The zero-order valence-electron chi connectivity index (χ0n) is 9.02. The summed E-state index contributed by atoms with van der Waals surface area (Å²) in [6.07, 6.45) is 4.09. The van der Waals surface area contributed by atoms with Gasteiger partial charge in [0.25, 0.3) is 0 Å². The third-order valence-corrected chi connectivity index (χ3v) is 2.80. The van der Waals surface area contributed by atoms with Crippen molar-refractivity contribution in [1.29, 1.82) is 0 Å². The molecular formula is C11H17N3O. The normalized spacial score (nSPS) is 20.9. The molecule has 2 heterocycles. The molecule has 2 rings (SSSR count). The van der Waals surface area contributed by atoms with Crippen molar-refractivity contribution in [3.8, 4) is 0 Å². The molecule has 15 heavy (non-hydrogen) atoms. The fourth-order valence-electron chi connectivity index (χ4n) is 2.07. The number of anilines is 2. The van der Waals surface area contributed by atoms with Crippen molar-refractivity contribution in [3.05, 3.63) is 18.3 Å². The number of hydrogen-bond acceptors (Lipinski definition) is 4. The van der Waals surface area contributed by atoms with Crippen molar-refractivity contribution in [1.82, 2.24) is 4.98 Å². The summed E-state index contributed by atoms with van der Waals surface area (Å²) in [4.78, 5) is 6.63. The van der Waals surface area contributed by atoms with Crippen LogP contribution in [0.3, 0.4) is 0 Å². The minimum absolute atomic E-state index is 0.464. The summed E-state index contributed by atoms with van der Waals surface area (Å²) in [5, 5.41) is 0. The molecule has 0 aromatic carbocycles. The van der Waals surface area contributed by atoms with Gasteiger partial charge in [0.05, 0.1) is 24.5 Å². The van der Waals surface area contributed by atoms with E-state index >= 15 is 0 Å². The summed E-state index contributed by atoms with van der Waals surface area (Å²) >= 11 is 0. The van der Waals surface area contributed by atoms with Gasteiger partial charge in [-0.1, -0.05) is 0 Å². The van der Waals surface area contributed by atoms with E-state index in [0.29, 0.717) is 11.7 Å². The van der Waals surface area contributed by atoms with E-state index in [-0.39, 0.29) is 0 Å². The highest BCUT2D eigenvalue weighted by Gasteiger charge is 2.25. The standard InChI is InChI=1S/C11H17N3O/c1-15-8-10-3-2-6-14(10)11-5-4-9(12)7-13-11/h4-5,7,10H,2-3,6,8,12H2,1H3. The van der Waals surface area contributed by atoms with Gasteiger partial charge in [-0.15, -0.1) is 0 Å². The summed E-state index contributed by atoms with van der Waals surface area (Å²) in [5.41, 5.74) is 6.32. The molecule has 0 amide bonds. The fourth-order valence-corrected chi connectivity index (χ4v) is 2.07. The average molecular weight is 207 g/mol. The molecule has 0 saturated carbocycles. The number of nitrogens with two attached hydrogens (primary N) is 1. The van der Waals surface area contributed by atoms with E-state index in [4.69, 9.17) is 10.5 Å². The van der Waals surface area contributed by atoms with Crippen LogP contribution in [0.15, 0.2) is 18.3 Å². The minimum Gasteiger partial charge on any atom is -0.397 e. The number of ether oxygens (including phenoxy) is 1. The van der Waals surface area contributed by atoms with Crippen LogP contribution in [0, 0.1) is 0 Å². The molecule has 4 nitrogen and oxygen atoms in total. The van der Waals surface area contributed by atoms with Crippen molar-refractivity contribution in [2.75, 3.05) is 30.9 Å². The van der Waals surface area contributed by atoms with E-state index in [1.807, 2.05) is 12.1 Å². The van der Waals surface area contributed by atoms with Crippen molar-refractivity contribution in [2.45, 2.75) is 18.9 Å². The molecule has 82 valence electrons. The highest BCUT2D eigenvalue weighted by Crippen LogP contribution is 2.24. The number of hydrogen-bond donors (Lipinski definition) is 1. The van der Waals surface area contributed by atoms with Gasteiger partial charge in [-0.3, -0.25) is 0 Å². The first-order chi connectivity index (χ1) is 7.31. The van der Waals surface area contributed by atoms with Crippen LogP contribution in [0.1, 0.15) is 12.8 Å². The van der Waals surface area contributed by atoms with Gasteiger partial charge >= 0.3 is 0 Å². The van der Waals surface area contributed by atoms with Crippen LogP contribution in [-0.4, -0.2) is 31.3 Å². The van der Waals surface area contributed by atoms with E-state index < -0.39 is 0 Å². The average Bonchev–Trinajstić information content (AvgIpc) is 2.68. The molecule has 1 unspecified atom stereocenters. The Kier molecular flexibility index (Phi) is 3.06. The summed E-state index contributed by atoms with van der Waals surface area (Å²) in [5.74, 6) is 1.00. The quantitative estimate of drug-likeness (QED) is 0.811. The van der Waals surface area contributed by atoms with Crippen molar-refractivity contribution < 1.29 is 4.74 Å². The zero-order chi connectivity index (χ0) is 10.7. The van der Waals surface area contributed by atoms with E-state index in [1.165, 1.54) is 12.8 Å². The Morgan fingerprint density at radius 3 is 3.13 bits per heavy atom. The Labute approximate surface area is 90.0 Å². The molecule has 1 saturated heterocycles. The second kappa shape index (κ2) is 4.49. The Balaban J connectivity index is 2.11. The molecular weight excluding hydrogens is 190 g/mol. The lowest BCUT2D eigenvalue weighted by Crippen LogP contribution is -2.33. The van der Waals surface area contributed by atoms with Gasteiger partial charge in [-0.2, -0.15) is 0 Å². The highest BCUT2D eigenvalue weighted by atomic mass is 16.5. The lowest BCUT2D eigenvalue weighted by Gasteiger charge is -2.25. The van der Waals surface area contributed by atoms with Gasteiger partial charge in [0.2, 0.25) is 0 Å². The lowest BCUT2D eigenvalue weighted by atomic mass is 10.2. The zero-order valence-corrected chi connectivity index (χ0v) is 9.02. The minimum atomic E-state index is 0.464. The van der Waals surface area contributed by atoms with Crippen LogP contribution < -0.4 is 10.6 Å². The van der Waals surface area contributed by atoms with E-state index in [0.717, 1.165) is 19.0 Å². The molecule has 0 spiro atoms. The van der Waals surface area contributed by atoms with Gasteiger partial charge in [-0.05, 0) is 25.0 Å². The van der Waals surface area contributed by atoms with E-state index in [9.17, 15) is 0 Å². The van der Waals surface area contributed by atoms with Gasteiger partial charge in [0, 0.05) is 13.7 Å². The molecule has 1 aromatic heterocycles. The van der Waals surface area contributed by atoms with Crippen LogP contribution in [0.4, 0.5) is 11.5 Å². The molecule has 2 N–H and O–H groups in total. The summed E-state index contributed by atoms with van der Waals surface area (Å²) in [6.45, 7) is 1.83. The third kappa shape index (κ3) is 2.21. The molecule has 0 bridgehead atoms. The number of nitrogens with zero attached hydrogens (tertiary/aromatic N) is 2. The molecule has 1 aliphatic rings. The summed E-state index contributed by atoms with van der Waals surface area (Å²) in [7, 11) is 1.74. The van der Waals surface area contributed by atoms with Crippen LogP contribution in [0.2, 0.25) is 0 Å². The molecule has 0 aliphatic carbocycles. The van der Waals surface area contributed by atoms with Crippen LogP contribution in [0.25, 0.3) is 0 Å². The van der Waals surface area contributed by atoms with E-state index in [2.05, 4.69) is 9.88 Å². The largest absolute Gasteiger partial charge is 0.397 e. The van der Waals surface area contributed by atoms with Crippen molar-refractivity contribution >= 4 is 11.5 Å². The summed E-state index contributed by atoms with van der Waals surface area (Å²) < 4.78 is 5.21. The first-order valence-electron chi connectivity index (χ1n) is 5.28. The molecule has 4 heteroatoms. The molecule has 1 atom stereocenters. The number of rotatable bonds is 3. The van der Waals surface area contributed by atoms with Crippen molar-refractivity contribution in [2.24, 2.45) is 0 Å². The Morgan fingerprint density at radius 1 is 1.60 bits per heavy atom. The van der Waals surface area contributed by atoms with Gasteiger partial charge in [0.15, 0.2) is 0 Å². The molecule has 1 fully saturated rings. The van der Waals surface area contributed by atoms with Gasteiger partial charge < -0.3 is 15.4 Å². The number of methoxy groups -OCH3 is 1. The Bertz CT molecular complexity index is 312. The first-order valence-corrected chi connectivity index (χ1v) is 5.28. The van der Waals surface area contributed by atoms with Crippen molar-refractivity contribution in [3.63, 3.8) is 0 Å². The monoisotopic (exact) mass is 207 g/mol.